The number of amides is 1. The van der Waals surface area contributed by atoms with Gasteiger partial charge in [-0.25, -0.2) is 4.98 Å². The topological polar surface area (TPSA) is 75.7 Å². The lowest BCUT2D eigenvalue weighted by Gasteiger charge is -2.41. The number of carbonyl (C=O) groups excluding carboxylic acids is 1. The maximum absolute atomic E-state index is 12.0. The minimum absolute atomic E-state index is 0.0260. The molecule has 2 aromatic rings. The van der Waals surface area contributed by atoms with E-state index in [2.05, 4.69) is 10.3 Å². The van der Waals surface area contributed by atoms with Gasteiger partial charge in [0.1, 0.15) is 5.54 Å². The number of imidazole rings is 1. The zero-order valence-electron chi connectivity index (χ0n) is 11.0. The lowest BCUT2D eigenvalue weighted by atomic mass is 9.99. The number of nitrogens with two attached hydrogens (primary N) is 1. The lowest BCUT2D eigenvalue weighted by Crippen LogP contribution is -2.62. The Balaban J connectivity index is 2.12. The Morgan fingerprint density at radius 1 is 1.58 bits per heavy atom. The van der Waals surface area contributed by atoms with Crippen molar-refractivity contribution in [1.82, 2.24) is 14.7 Å². The highest BCUT2D eigenvalue weighted by Crippen LogP contribution is 2.30. The van der Waals surface area contributed by atoms with E-state index >= 15 is 0 Å². The number of piperazine rings is 1. The van der Waals surface area contributed by atoms with Crippen molar-refractivity contribution in [3.8, 4) is 0 Å². The van der Waals surface area contributed by atoms with Gasteiger partial charge in [-0.2, -0.15) is 0 Å². The molecule has 0 radical (unpaired) electrons. The van der Waals surface area contributed by atoms with Crippen molar-refractivity contribution in [2.75, 3.05) is 18.0 Å². The Morgan fingerprint density at radius 3 is 3.11 bits per heavy atom. The minimum atomic E-state index is -0.605. The third kappa shape index (κ3) is 1.73. The largest absolute Gasteiger partial charge is 0.352 e. The van der Waals surface area contributed by atoms with Gasteiger partial charge >= 0.3 is 0 Å². The number of thiazole rings is 1. The average molecular weight is 279 g/mol. The van der Waals surface area contributed by atoms with Crippen LogP contribution in [0.4, 0.5) is 5.82 Å². The molecule has 0 aliphatic carbocycles. The van der Waals surface area contributed by atoms with Crippen LogP contribution in [0.2, 0.25) is 0 Å². The quantitative estimate of drug-likeness (QED) is 0.842. The van der Waals surface area contributed by atoms with E-state index in [1.807, 2.05) is 34.7 Å². The number of rotatable bonds is 2. The van der Waals surface area contributed by atoms with E-state index in [1.54, 1.807) is 11.3 Å². The Morgan fingerprint density at radius 2 is 2.37 bits per heavy atom. The summed E-state index contributed by atoms with van der Waals surface area (Å²) in [5.41, 5.74) is 6.22. The van der Waals surface area contributed by atoms with Gasteiger partial charge in [-0.15, -0.1) is 11.3 Å². The van der Waals surface area contributed by atoms with Gasteiger partial charge in [-0.3, -0.25) is 9.20 Å². The van der Waals surface area contributed by atoms with Crippen LogP contribution in [0.5, 0.6) is 0 Å². The molecule has 0 aromatic carbocycles. The van der Waals surface area contributed by atoms with Gasteiger partial charge in [0, 0.05) is 31.2 Å². The summed E-state index contributed by atoms with van der Waals surface area (Å²) < 4.78 is 2.00. The molecular weight excluding hydrogens is 262 g/mol. The predicted octanol–water partition coefficient (Wildman–Crippen LogP) is 0.569. The van der Waals surface area contributed by atoms with Crippen LogP contribution in [0.3, 0.4) is 0 Å². The molecule has 6 nitrogen and oxygen atoms in total. The third-order valence-corrected chi connectivity index (χ3v) is 4.40. The molecule has 1 amide bonds. The number of hydrogen-bond acceptors (Lipinski definition) is 5. The number of fused-ring (bicyclic) bond motifs is 1. The Kier molecular flexibility index (Phi) is 2.75. The van der Waals surface area contributed by atoms with Gasteiger partial charge in [-0.05, 0) is 13.8 Å². The van der Waals surface area contributed by atoms with Gasteiger partial charge in [0.05, 0.1) is 5.69 Å². The number of nitrogens with one attached hydrogen (secondary N) is 1. The zero-order valence-corrected chi connectivity index (χ0v) is 11.8. The van der Waals surface area contributed by atoms with Crippen LogP contribution in [0.25, 0.3) is 4.96 Å². The molecule has 0 atom stereocenters. The van der Waals surface area contributed by atoms with E-state index in [0.29, 0.717) is 13.1 Å². The summed E-state index contributed by atoms with van der Waals surface area (Å²) in [7, 11) is 0. The summed E-state index contributed by atoms with van der Waals surface area (Å²) >= 11 is 1.57. The molecule has 0 unspecified atom stereocenters. The van der Waals surface area contributed by atoms with Crippen LogP contribution >= 0.6 is 11.3 Å². The summed E-state index contributed by atoms with van der Waals surface area (Å²) in [6, 6.07) is 0. The zero-order chi connectivity index (χ0) is 13.6. The predicted molar refractivity (Wildman–Crippen MR) is 75.4 cm³/mol. The first-order valence-electron chi connectivity index (χ1n) is 6.26. The van der Waals surface area contributed by atoms with E-state index in [-0.39, 0.29) is 5.91 Å². The fraction of sp³-hybridized carbons (Fsp3) is 0.500. The van der Waals surface area contributed by atoms with E-state index in [0.717, 1.165) is 23.0 Å². The fourth-order valence-electron chi connectivity index (χ4n) is 2.50. The minimum Gasteiger partial charge on any atom is -0.352 e. The van der Waals surface area contributed by atoms with Crippen molar-refractivity contribution in [2.45, 2.75) is 25.9 Å². The van der Waals surface area contributed by atoms with Crippen LogP contribution in [-0.2, 0) is 11.3 Å². The highest BCUT2D eigenvalue weighted by atomic mass is 32.1. The first-order chi connectivity index (χ1) is 9.05. The van der Waals surface area contributed by atoms with Crippen LogP contribution in [-0.4, -0.2) is 33.9 Å². The molecule has 1 fully saturated rings. The standard InChI is InChI=1S/C12H17N5OS/c1-12(2)10(18)14-3-4-17(12)9-8(7-13)16-5-6-19-11(16)15-9/h5-6H,3-4,7,13H2,1-2H3,(H,14,18). The average Bonchev–Trinajstić information content (AvgIpc) is 2.92. The van der Waals surface area contributed by atoms with Gasteiger partial charge < -0.3 is 16.0 Å². The number of aromatic nitrogens is 2. The molecule has 0 saturated carbocycles. The van der Waals surface area contributed by atoms with Crippen LogP contribution in [0.1, 0.15) is 19.5 Å². The molecule has 2 aromatic heterocycles. The summed E-state index contributed by atoms with van der Waals surface area (Å²) in [4.78, 5) is 19.6. The Hall–Kier alpha value is -1.60. The van der Waals surface area contributed by atoms with Gasteiger partial charge in [0.2, 0.25) is 5.91 Å². The summed E-state index contributed by atoms with van der Waals surface area (Å²) in [6.45, 7) is 5.61. The molecule has 3 N–H and O–H groups in total. The molecular formula is C12H17N5OS. The molecule has 0 bridgehead atoms. The molecule has 102 valence electrons. The van der Waals surface area contributed by atoms with E-state index in [1.165, 1.54) is 0 Å². The molecule has 3 rings (SSSR count). The Bertz CT molecular complexity index is 629. The summed E-state index contributed by atoms with van der Waals surface area (Å²) in [5, 5.41) is 4.88. The van der Waals surface area contributed by atoms with Gasteiger partial charge in [-0.1, -0.05) is 0 Å². The normalized spacial score (nSPS) is 18.9. The lowest BCUT2D eigenvalue weighted by molar-refractivity contribution is -0.126. The van der Waals surface area contributed by atoms with Crippen molar-refractivity contribution in [1.29, 1.82) is 0 Å². The maximum Gasteiger partial charge on any atom is 0.245 e. The number of carbonyl (C=O) groups is 1. The smallest absolute Gasteiger partial charge is 0.245 e. The number of hydrogen-bond donors (Lipinski definition) is 2. The van der Waals surface area contributed by atoms with Gasteiger partial charge in [0.25, 0.3) is 0 Å². The van der Waals surface area contributed by atoms with Crippen LogP contribution in [0, 0.1) is 0 Å². The van der Waals surface area contributed by atoms with Crippen LogP contribution in [0.15, 0.2) is 11.6 Å². The second kappa shape index (κ2) is 4.21. The molecule has 0 spiro atoms. The van der Waals surface area contributed by atoms with Crippen molar-refractivity contribution in [3.05, 3.63) is 17.3 Å². The molecule has 3 heterocycles. The fourth-order valence-corrected chi connectivity index (χ4v) is 3.23. The van der Waals surface area contributed by atoms with Crippen molar-refractivity contribution in [2.24, 2.45) is 5.73 Å². The molecule has 1 aliphatic heterocycles. The SMILES string of the molecule is CC1(C)C(=O)NCCN1c1nc2sccn2c1CN. The second-order valence-corrected chi connectivity index (χ2v) is 5.98. The first-order valence-corrected chi connectivity index (χ1v) is 7.14. The van der Waals surface area contributed by atoms with E-state index < -0.39 is 5.54 Å². The van der Waals surface area contributed by atoms with Crippen molar-refractivity contribution < 1.29 is 4.79 Å². The third-order valence-electron chi connectivity index (χ3n) is 3.64. The number of anilines is 1. The maximum atomic E-state index is 12.0. The highest BCUT2D eigenvalue weighted by molar-refractivity contribution is 7.15. The molecule has 19 heavy (non-hydrogen) atoms. The molecule has 7 heteroatoms. The monoisotopic (exact) mass is 279 g/mol. The second-order valence-electron chi connectivity index (χ2n) is 5.11. The van der Waals surface area contributed by atoms with Crippen molar-refractivity contribution >= 4 is 28.0 Å². The van der Waals surface area contributed by atoms with E-state index in [4.69, 9.17) is 5.73 Å². The Labute approximate surface area is 115 Å². The van der Waals surface area contributed by atoms with Crippen LogP contribution < -0.4 is 16.0 Å². The highest BCUT2D eigenvalue weighted by Gasteiger charge is 2.40. The number of nitrogens with zero attached hydrogens (tertiary/aromatic N) is 3. The summed E-state index contributed by atoms with van der Waals surface area (Å²) in [6.07, 6.45) is 1.97. The van der Waals surface area contributed by atoms with E-state index in [9.17, 15) is 4.79 Å². The van der Waals surface area contributed by atoms with Gasteiger partial charge in [0.15, 0.2) is 10.8 Å². The first kappa shape index (κ1) is 12.4. The molecule has 1 aliphatic rings. The molecule has 1 saturated heterocycles. The van der Waals surface area contributed by atoms with Crippen molar-refractivity contribution in [3.63, 3.8) is 0 Å². The summed E-state index contributed by atoms with van der Waals surface area (Å²) in [5.74, 6) is 0.854.